The number of thiazole rings is 1. The van der Waals surface area contributed by atoms with E-state index in [0.29, 0.717) is 6.54 Å². The molecule has 0 atom stereocenters. The summed E-state index contributed by atoms with van der Waals surface area (Å²) in [7, 11) is 0. The summed E-state index contributed by atoms with van der Waals surface area (Å²) in [6.07, 6.45) is 0. The van der Waals surface area contributed by atoms with Crippen LogP contribution in [0.3, 0.4) is 0 Å². The molecule has 0 unspecified atom stereocenters. The first-order valence-electron chi connectivity index (χ1n) is 5.09. The molecular formula is C9H13BrN4OS. The van der Waals surface area contributed by atoms with Crippen molar-refractivity contribution < 1.29 is 4.79 Å². The van der Waals surface area contributed by atoms with Gasteiger partial charge in [0.1, 0.15) is 4.60 Å². The second-order valence-corrected chi connectivity index (χ2v) is 5.13. The summed E-state index contributed by atoms with van der Waals surface area (Å²) in [6, 6.07) is 0. The highest BCUT2D eigenvalue weighted by Gasteiger charge is 2.15. The zero-order chi connectivity index (χ0) is 11.4. The number of amides is 1. The zero-order valence-corrected chi connectivity index (χ0v) is 11.1. The van der Waals surface area contributed by atoms with Gasteiger partial charge >= 0.3 is 0 Å². The van der Waals surface area contributed by atoms with Crippen molar-refractivity contribution in [3.05, 3.63) is 9.98 Å². The van der Waals surface area contributed by atoms with Crippen molar-refractivity contribution in [1.29, 1.82) is 0 Å². The summed E-state index contributed by atoms with van der Waals surface area (Å²) in [5, 5.41) is 8.90. The summed E-state index contributed by atoms with van der Waals surface area (Å²) in [4.78, 5) is 17.8. The summed E-state index contributed by atoms with van der Waals surface area (Å²) in [5.41, 5.74) is 0. The standard InChI is InChI=1S/C9H13BrN4OS/c10-7-6-16-9(13-7)12-5-8(15)14-3-1-11-2-4-14/h6,11H,1-5H2,(H,12,13). The highest BCUT2D eigenvalue weighted by atomic mass is 79.9. The lowest BCUT2D eigenvalue weighted by Crippen LogP contribution is -2.48. The lowest BCUT2D eigenvalue weighted by Gasteiger charge is -2.27. The molecule has 1 saturated heterocycles. The van der Waals surface area contributed by atoms with Gasteiger partial charge in [-0.15, -0.1) is 11.3 Å². The fourth-order valence-corrected chi connectivity index (χ4v) is 2.66. The third-order valence-electron chi connectivity index (χ3n) is 2.34. The number of nitrogens with zero attached hydrogens (tertiary/aromatic N) is 2. The number of anilines is 1. The topological polar surface area (TPSA) is 57.3 Å². The molecule has 0 aromatic carbocycles. The Bertz CT molecular complexity index is 364. The third kappa shape index (κ3) is 3.16. The minimum absolute atomic E-state index is 0.132. The van der Waals surface area contributed by atoms with E-state index in [4.69, 9.17) is 0 Å². The van der Waals surface area contributed by atoms with Crippen LogP contribution in [-0.4, -0.2) is 48.5 Å². The zero-order valence-electron chi connectivity index (χ0n) is 8.70. The van der Waals surface area contributed by atoms with Crippen LogP contribution in [0.2, 0.25) is 0 Å². The van der Waals surface area contributed by atoms with Crippen LogP contribution in [0.25, 0.3) is 0 Å². The van der Waals surface area contributed by atoms with E-state index in [1.807, 2.05) is 10.3 Å². The van der Waals surface area contributed by atoms with E-state index in [-0.39, 0.29) is 5.91 Å². The van der Waals surface area contributed by atoms with Crippen LogP contribution in [0.4, 0.5) is 5.13 Å². The lowest BCUT2D eigenvalue weighted by molar-refractivity contribution is -0.129. The summed E-state index contributed by atoms with van der Waals surface area (Å²) in [5.74, 6) is 0.132. The predicted octanol–water partition coefficient (Wildman–Crippen LogP) is 0.749. The first kappa shape index (κ1) is 11.8. The Morgan fingerprint density at radius 1 is 1.62 bits per heavy atom. The molecule has 1 aromatic heterocycles. The van der Waals surface area contributed by atoms with Crippen molar-refractivity contribution in [2.45, 2.75) is 0 Å². The Kier molecular flexibility index (Phi) is 4.14. The second-order valence-electron chi connectivity index (χ2n) is 3.46. The number of aromatic nitrogens is 1. The molecule has 0 aliphatic carbocycles. The van der Waals surface area contributed by atoms with E-state index >= 15 is 0 Å². The second kappa shape index (κ2) is 5.60. The van der Waals surface area contributed by atoms with E-state index in [1.54, 1.807) is 0 Å². The highest BCUT2D eigenvalue weighted by Crippen LogP contribution is 2.18. The van der Waals surface area contributed by atoms with Crippen LogP contribution in [0.15, 0.2) is 9.98 Å². The van der Waals surface area contributed by atoms with Gasteiger partial charge in [-0.1, -0.05) is 0 Å². The molecule has 88 valence electrons. The van der Waals surface area contributed by atoms with Crippen LogP contribution in [-0.2, 0) is 4.79 Å². The number of hydrogen-bond acceptors (Lipinski definition) is 5. The smallest absolute Gasteiger partial charge is 0.242 e. The van der Waals surface area contributed by atoms with Crippen molar-refractivity contribution in [3.8, 4) is 0 Å². The number of rotatable bonds is 3. The number of carbonyl (C=O) groups excluding carboxylic acids is 1. The van der Waals surface area contributed by atoms with Crippen LogP contribution in [0, 0.1) is 0 Å². The SMILES string of the molecule is O=C(CNc1nc(Br)cs1)N1CCNCC1. The molecule has 0 bridgehead atoms. The maximum atomic E-state index is 11.8. The number of nitrogens with one attached hydrogen (secondary N) is 2. The largest absolute Gasteiger partial charge is 0.352 e. The Morgan fingerprint density at radius 3 is 3.00 bits per heavy atom. The quantitative estimate of drug-likeness (QED) is 0.865. The van der Waals surface area contributed by atoms with Gasteiger partial charge in [0.25, 0.3) is 0 Å². The van der Waals surface area contributed by atoms with E-state index in [1.165, 1.54) is 11.3 Å². The first-order valence-corrected chi connectivity index (χ1v) is 6.76. The predicted molar refractivity (Wildman–Crippen MR) is 67.8 cm³/mol. The van der Waals surface area contributed by atoms with Crippen molar-refractivity contribution in [2.24, 2.45) is 0 Å². The number of halogens is 1. The van der Waals surface area contributed by atoms with Crippen LogP contribution in [0.5, 0.6) is 0 Å². The average molecular weight is 305 g/mol. The summed E-state index contributed by atoms with van der Waals surface area (Å²) in [6.45, 7) is 3.67. The molecule has 2 rings (SSSR count). The van der Waals surface area contributed by atoms with E-state index < -0.39 is 0 Å². The van der Waals surface area contributed by atoms with Gasteiger partial charge in [-0.05, 0) is 15.9 Å². The van der Waals surface area contributed by atoms with Crippen molar-refractivity contribution in [1.82, 2.24) is 15.2 Å². The van der Waals surface area contributed by atoms with Crippen LogP contribution < -0.4 is 10.6 Å². The third-order valence-corrected chi connectivity index (χ3v) is 3.85. The Hall–Kier alpha value is -0.660. The number of piperazine rings is 1. The lowest BCUT2D eigenvalue weighted by atomic mass is 10.3. The summed E-state index contributed by atoms with van der Waals surface area (Å²) >= 11 is 4.76. The van der Waals surface area contributed by atoms with Gasteiger partial charge < -0.3 is 15.5 Å². The highest BCUT2D eigenvalue weighted by molar-refractivity contribution is 9.10. The van der Waals surface area contributed by atoms with Gasteiger partial charge in [-0.2, -0.15) is 0 Å². The van der Waals surface area contributed by atoms with Gasteiger partial charge in [0, 0.05) is 31.6 Å². The molecule has 16 heavy (non-hydrogen) atoms. The molecule has 5 nitrogen and oxygen atoms in total. The molecular weight excluding hydrogens is 292 g/mol. The molecule has 0 saturated carbocycles. The molecule has 1 aromatic rings. The van der Waals surface area contributed by atoms with Gasteiger partial charge in [-0.3, -0.25) is 4.79 Å². The maximum Gasteiger partial charge on any atom is 0.242 e. The molecule has 0 spiro atoms. The number of hydrogen-bond donors (Lipinski definition) is 2. The molecule has 1 aliphatic rings. The van der Waals surface area contributed by atoms with Gasteiger partial charge in [-0.25, -0.2) is 4.98 Å². The van der Waals surface area contributed by atoms with Crippen molar-refractivity contribution in [3.63, 3.8) is 0 Å². The molecule has 0 radical (unpaired) electrons. The molecule has 1 aliphatic heterocycles. The Balaban J connectivity index is 1.78. The molecule has 2 N–H and O–H groups in total. The van der Waals surface area contributed by atoms with Gasteiger partial charge in [0.15, 0.2) is 5.13 Å². The summed E-state index contributed by atoms with van der Waals surface area (Å²) < 4.78 is 0.801. The van der Waals surface area contributed by atoms with Crippen LogP contribution >= 0.6 is 27.3 Å². The fourth-order valence-electron chi connectivity index (χ4n) is 1.51. The van der Waals surface area contributed by atoms with Crippen molar-refractivity contribution in [2.75, 3.05) is 38.0 Å². The van der Waals surface area contributed by atoms with Crippen LogP contribution in [0.1, 0.15) is 0 Å². The van der Waals surface area contributed by atoms with E-state index in [0.717, 1.165) is 35.9 Å². The minimum Gasteiger partial charge on any atom is -0.352 e. The van der Waals surface area contributed by atoms with E-state index in [2.05, 4.69) is 31.5 Å². The number of carbonyl (C=O) groups is 1. The minimum atomic E-state index is 0.132. The van der Waals surface area contributed by atoms with Gasteiger partial charge in [0.2, 0.25) is 5.91 Å². The fraction of sp³-hybridized carbons (Fsp3) is 0.556. The first-order chi connectivity index (χ1) is 7.75. The van der Waals surface area contributed by atoms with Crippen molar-refractivity contribution >= 4 is 38.3 Å². The normalized spacial score (nSPS) is 16.2. The molecule has 1 amide bonds. The Labute approximate surface area is 106 Å². The monoisotopic (exact) mass is 304 g/mol. The Morgan fingerprint density at radius 2 is 2.38 bits per heavy atom. The van der Waals surface area contributed by atoms with Gasteiger partial charge in [0.05, 0.1) is 6.54 Å². The maximum absolute atomic E-state index is 11.8. The average Bonchev–Trinajstić information content (AvgIpc) is 2.73. The molecule has 2 heterocycles. The van der Waals surface area contributed by atoms with E-state index in [9.17, 15) is 4.79 Å². The molecule has 1 fully saturated rings. The molecule has 7 heteroatoms.